The number of hydrogen-bond acceptors (Lipinski definition) is 2. The van der Waals surface area contributed by atoms with Gasteiger partial charge in [0.15, 0.2) is 0 Å². The molecule has 0 aromatic rings. The van der Waals surface area contributed by atoms with Crippen LogP contribution < -0.4 is 0 Å². The molecule has 0 amide bonds. The Hall–Kier alpha value is -0.790. The first-order valence-corrected chi connectivity index (χ1v) is 27.6. The highest BCUT2D eigenvalue weighted by atomic mass is 16.5. The van der Waals surface area contributed by atoms with E-state index in [0.29, 0.717) is 17.3 Å². The summed E-state index contributed by atoms with van der Waals surface area (Å²) < 4.78 is 6.17. The highest BCUT2D eigenvalue weighted by molar-refractivity contribution is 5.69. The lowest BCUT2D eigenvalue weighted by Gasteiger charge is -2.58. The molecule has 0 heterocycles. The molecule has 2 heteroatoms. The third-order valence-electron chi connectivity index (χ3n) is 17.5. The fourth-order valence-electron chi connectivity index (χ4n) is 13.8. The maximum atomic E-state index is 12.9. The van der Waals surface area contributed by atoms with Crippen molar-refractivity contribution in [2.45, 2.75) is 298 Å². The van der Waals surface area contributed by atoms with E-state index in [-0.39, 0.29) is 12.1 Å². The smallest absolute Gasteiger partial charge is 0.306 e. The number of fused-ring (bicyclic) bond motifs is 5. The van der Waals surface area contributed by atoms with Gasteiger partial charge in [0.25, 0.3) is 0 Å². The third-order valence-corrected chi connectivity index (χ3v) is 17.5. The zero-order chi connectivity index (χ0) is 42.2. The molecule has 0 spiro atoms. The standard InChI is InChI=1S/C57H104O2/c1-7-8-9-10-11-12-13-14-15-16-17-18-19-20-21-22-23-24-25-26-27-28-29-30-31-32-33-37-55(58)59-50-42-44-56(5)49(46-50)38-39-51-53-41-40-52(48(4)36-34-35-47(2)3)57(53,6)45-43-54(51)56/h38,47-48,50-54H,7-37,39-46H2,1-6H3. The average Bonchev–Trinajstić information content (AvgIpc) is 3.58. The summed E-state index contributed by atoms with van der Waals surface area (Å²) in [7, 11) is 0. The van der Waals surface area contributed by atoms with Crippen LogP contribution in [-0.2, 0) is 9.53 Å². The van der Waals surface area contributed by atoms with Crippen LogP contribution in [0.4, 0.5) is 0 Å². The molecule has 8 unspecified atom stereocenters. The molecule has 2 nitrogen and oxygen atoms in total. The minimum atomic E-state index is 0.0698. The molecule has 344 valence electrons. The molecule has 4 aliphatic carbocycles. The second kappa shape index (κ2) is 28.8. The Morgan fingerprint density at radius 1 is 0.593 bits per heavy atom. The van der Waals surface area contributed by atoms with Gasteiger partial charge in [-0.15, -0.1) is 0 Å². The fourth-order valence-corrected chi connectivity index (χ4v) is 13.8. The number of esters is 1. The number of allylic oxidation sites excluding steroid dienone is 1. The van der Waals surface area contributed by atoms with E-state index in [2.05, 4.69) is 47.6 Å². The van der Waals surface area contributed by atoms with Gasteiger partial charge >= 0.3 is 5.97 Å². The molecule has 3 saturated carbocycles. The molecule has 0 radical (unpaired) electrons. The number of carbonyl (C=O) groups excluding carboxylic acids is 1. The number of rotatable bonds is 34. The topological polar surface area (TPSA) is 26.3 Å². The van der Waals surface area contributed by atoms with Gasteiger partial charge in [0, 0.05) is 12.8 Å². The molecule has 0 aromatic heterocycles. The molecule has 4 rings (SSSR count). The van der Waals surface area contributed by atoms with Crippen LogP contribution >= 0.6 is 0 Å². The maximum Gasteiger partial charge on any atom is 0.306 e. The Morgan fingerprint density at radius 2 is 1.08 bits per heavy atom. The number of unbranched alkanes of at least 4 members (excludes halogenated alkanes) is 26. The van der Waals surface area contributed by atoms with Gasteiger partial charge in [-0.1, -0.05) is 239 Å². The summed E-state index contributed by atoms with van der Waals surface area (Å²) in [6.07, 6.45) is 56.2. The Balaban J connectivity index is 0.932. The number of ether oxygens (including phenoxy) is 1. The van der Waals surface area contributed by atoms with Crippen LogP contribution in [0.25, 0.3) is 0 Å². The molecule has 3 fully saturated rings. The number of carbonyl (C=O) groups is 1. The number of hydrogen-bond donors (Lipinski definition) is 0. The largest absolute Gasteiger partial charge is 0.462 e. The Kier molecular flexibility index (Phi) is 24.8. The summed E-state index contributed by atoms with van der Waals surface area (Å²) in [5.41, 5.74) is 2.54. The minimum Gasteiger partial charge on any atom is -0.462 e. The van der Waals surface area contributed by atoms with E-state index < -0.39 is 0 Å². The zero-order valence-corrected chi connectivity index (χ0v) is 41.0. The second-order valence-corrected chi connectivity index (χ2v) is 22.6. The van der Waals surface area contributed by atoms with E-state index in [1.807, 2.05) is 0 Å². The van der Waals surface area contributed by atoms with Crippen molar-refractivity contribution < 1.29 is 9.53 Å². The molecule has 8 atom stereocenters. The molecular weight excluding hydrogens is 717 g/mol. The summed E-state index contributed by atoms with van der Waals surface area (Å²) in [6, 6.07) is 0. The highest BCUT2D eigenvalue weighted by Gasteiger charge is 2.59. The monoisotopic (exact) mass is 821 g/mol. The molecule has 4 aliphatic rings. The Bertz CT molecular complexity index is 1120. The van der Waals surface area contributed by atoms with Crippen molar-refractivity contribution in [3.8, 4) is 0 Å². The average molecular weight is 821 g/mol. The molecule has 0 aromatic carbocycles. The van der Waals surface area contributed by atoms with Gasteiger partial charge in [0.1, 0.15) is 6.10 Å². The van der Waals surface area contributed by atoms with Gasteiger partial charge in [-0.05, 0) is 97.7 Å². The van der Waals surface area contributed by atoms with Gasteiger partial charge < -0.3 is 4.74 Å². The van der Waals surface area contributed by atoms with Crippen molar-refractivity contribution in [1.82, 2.24) is 0 Å². The summed E-state index contributed by atoms with van der Waals surface area (Å²) in [6.45, 7) is 15.0. The molecule has 0 bridgehead atoms. The van der Waals surface area contributed by atoms with E-state index in [4.69, 9.17) is 4.74 Å². The molecule has 0 saturated heterocycles. The first-order chi connectivity index (χ1) is 28.7. The predicted molar refractivity (Wildman–Crippen MR) is 258 cm³/mol. The van der Waals surface area contributed by atoms with Gasteiger partial charge in [-0.2, -0.15) is 0 Å². The van der Waals surface area contributed by atoms with Crippen molar-refractivity contribution in [3.05, 3.63) is 11.6 Å². The third kappa shape index (κ3) is 17.4. The van der Waals surface area contributed by atoms with Crippen LogP contribution in [-0.4, -0.2) is 12.1 Å². The van der Waals surface area contributed by atoms with E-state index in [0.717, 1.165) is 54.8 Å². The summed E-state index contributed by atoms with van der Waals surface area (Å²) in [5, 5.41) is 0. The second-order valence-electron chi connectivity index (χ2n) is 22.6. The van der Waals surface area contributed by atoms with E-state index in [1.54, 1.807) is 5.57 Å². The van der Waals surface area contributed by atoms with Crippen molar-refractivity contribution >= 4 is 5.97 Å². The maximum absolute atomic E-state index is 12.9. The molecular formula is C57H104O2. The van der Waals surface area contributed by atoms with Crippen LogP contribution in [0.5, 0.6) is 0 Å². The zero-order valence-electron chi connectivity index (χ0n) is 41.0. The summed E-state index contributed by atoms with van der Waals surface area (Å²) in [5.74, 6) is 5.34. The van der Waals surface area contributed by atoms with Crippen molar-refractivity contribution in [1.29, 1.82) is 0 Å². The van der Waals surface area contributed by atoms with Gasteiger partial charge in [0.05, 0.1) is 0 Å². The van der Waals surface area contributed by atoms with Crippen molar-refractivity contribution in [2.24, 2.45) is 46.3 Å². The quantitative estimate of drug-likeness (QED) is 0.0367. The molecule has 59 heavy (non-hydrogen) atoms. The molecule has 0 aliphatic heterocycles. The van der Waals surface area contributed by atoms with E-state index >= 15 is 0 Å². The lowest BCUT2D eigenvalue weighted by atomic mass is 9.47. The Labute approximate surface area is 370 Å². The van der Waals surface area contributed by atoms with Crippen LogP contribution in [0.3, 0.4) is 0 Å². The predicted octanol–water partition coefficient (Wildman–Crippen LogP) is 18.9. The van der Waals surface area contributed by atoms with Gasteiger partial charge in [-0.25, -0.2) is 0 Å². The normalized spacial score (nSPS) is 28.3. The summed E-state index contributed by atoms with van der Waals surface area (Å²) >= 11 is 0. The van der Waals surface area contributed by atoms with Crippen LogP contribution in [0, 0.1) is 46.3 Å². The van der Waals surface area contributed by atoms with Crippen LogP contribution in [0.2, 0.25) is 0 Å². The highest BCUT2D eigenvalue weighted by Crippen LogP contribution is 2.67. The lowest BCUT2D eigenvalue weighted by Crippen LogP contribution is -2.51. The van der Waals surface area contributed by atoms with Crippen LogP contribution in [0.1, 0.15) is 292 Å². The lowest BCUT2D eigenvalue weighted by molar-refractivity contribution is -0.151. The van der Waals surface area contributed by atoms with E-state index in [1.165, 1.54) is 225 Å². The van der Waals surface area contributed by atoms with Crippen molar-refractivity contribution in [2.75, 3.05) is 0 Å². The first-order valence-electron chi connectivity index (χ1n) is 27.6. The minimum absolute atomic E-state index is 0.0698. The first kappa shape index (κ1) is 50.9. The van der Waals surface area contributed by atoms with E-state index in [9.17, 15) is 4.79 Å². The fraction of sp³-hybridized carbons (Fsp3) is 0.947. The summed E-state index contributed by atoms with van der Waals surface area (Å²) in [4.78, 5) is 12.9. The van der Waals surface area contributed by atoms with Crippen LogP contribution in [0.15, 0.2) is 11.6 Å². The van der Waals surface area contributed by atoms with Gasteiger partial charge in [0.2, 0.25) is 0 Å². The SMILES string of the molecule is CCCCCCCCCCCCCCCCCCCCCCCCCCCCCC(=O)OC1CCC2(C)C(=CCC3C2CCC2(C)C(C(C)CCCC(C)C)CCC32)C1. The van der Waals surface area contributed by atoms with Crippen molar-refractivity contribution in [3.63, 3.8) is 0 Å². The van der Waals surface area contributed by atoms with Gasteiger partial charge in [-0.3, -0.25) is 4.79 Å². The molecule has 0 N–H and O–H groups in total. The Morgan fingerprint density at radius 3 is 1.58 bits per heavy atom.